The van der Waals surface area contributed by atoms with Crippen LogP contribution in [0.4, 0.5) is 13.2 Å². The third kappa shape index (κ3) is 3.74. The van der Waals surface area contributed by atoms with E-state index in [1.807, 2.05) is 0 Å². The Morgan fingerprint density at radius 3 is 2.53 bits per heavy atom. The fourth-order valence-electron chi connectivity index (χ4n) is 1.16. The zero-order chi connectivity index (χ0) is 12.9. The zero-order valence-corrected chi connectivity index (χ0v) is 9.08. The van der Waals surface area contributed by atoms with Crippen LogP contribution in [0.2, 0.25) is 0 Å². The van der Waals surface area contributed by atoms with Crippen LogP contribution in [0.3, 0.4) is 0 Å². The Morgan fingerprint density at radius 1 is 1.29 bits per heavy atom. The molecule has 0 heterocycles. The van der Waals surface area contributed by atoms with Gasteiger partial charge in [-0.3, -0.25) is 0 Å². The maximum absolute atomic E-state index is 12.6. The number of halogens is 3. The van der Waals surface area contributed by atoms with E-state index >= 15 is 0 Å². The number of benzene rings is 1. The van der Waals surface area contributed by atoms with E-state index in [2.05, 4.69) is 4.74 Å². The van der Waals surface area contributed by atoms with Crippen molar-refractivity contribution < 1.29 is 27.4 Å². The number of hydrogen-bond donors (Lipinski definition) is 0. The van der Waals surface area contributed by atoms with Gasteiger partial charge in [-0.2, -0.15) is 13.2 Å². The number of alkyl halides is 3. The second-order valence-corrected chi connectivity index (χ2v) is 3.09. The predicted octanol–water partition coefficient (Wildman–Crippen LogP) is 2.86. The van der Waals surface area contributed by atoms with Crippen LogP contribution in [0.5, 0.6) is 0 Å². The Hall–Kier alpha value is -1.56. The molecule has 0 bridgehead atoms. The molecule has 0 saturated heterocycles. The van der Waals surface area contributed by atoms with Crippen molar-refractivity contribution in [2.75, 3.05) is 13.4 Å². The number of hydrogen-bond acceptors (Lipinski definition) is 3. The third-order valence-electron chi connectivity index (χ3n) is 1.93. The largest absolute Gasteiger partial charge is 0.435 e. The fourth-order valence-corrected chi connectivity index (χ4v) is 1.16. The van der Waals surface area contributed by atoms with E-state index in [1.54, 1.807) is 6.92 Å². The molecule has 0 atom stereocenters. The summed E-state index contributed by atoms with van der Waals surface area (Å²) >= 11 is 0. The molecule has 1 aromatic carbocycles. The lowest BCUT2D eigenvalue weighted by molar-refractivity contribution is -0.138. The molecule has 0 aromatic heterocycles. The highest BCUT2D eigenvalue weighted by Crippen LogP contribution is 2.32. The minimum atomic E-state index is -4.58. The summed E-state index contributed by atoms with van der Waals surface area (Å²) in [6.07, 6.45) is -4.58. The van der Waals surface area contributed by atoms with Crippen LogP contribution in [0, 0.1) is 0 Å². The van der Waals surface area contributed by atoms with Crippen LogP contribution in [0.15, 0.2) is 24.3 Å². The number of carbonyl (C=O) groups excluding carboxylic acids is 1. The summed E-state index contributed by atoms with van der Waals surface area (Å²) in [5.41, 5.74) is -1.53. The summed E-state index contributed by atoms with van der Waals surface area (Å²) in [5.74, 6) is -1.05. The summed E-state index contributed by atoms with van der Waals surface area (Å²) in [7, 11) is 0. The van der Waals surface area contributed by atoms with E-state index in [0.29, 0.717) is 6.61 Å². The van der Waals surface area contributed by atoms with Crippen molar-refractivity contribution in [3.63, 3.8) is 0 Å². The lowest BCUT2D eigenvalue weighted by Crippen LogP contribution is -2.16. The molecule has 17 heavy (non-hydrogen) atoms. The summed E-state index contributed by atoms with van der Waals surface area (Å²) < 4.78 is 46.9. The van der Waals surface area contributed by atoms with Gasteiger partial charge in [0.2, 0.25) is 0 Å². The van der Waals surface area contributed by atoms with Gasteiger partial charge >= 0.3 is 12.1 Å². The fraction of sp³-hybridized carbons (Fsp3) is 0.364. The minimum absolute atomic E-state index is 0.314. The zero-order valence-electron chi connectivity index (χ0n) is 9.08. The summed E-state index contributed by atoms with van der Waals surface area (Å²) in [6, 6.07) is 4.45. The molecular weight excluding hydrogens is 237 g/mol. The maximum atomic E-state index is 12.6. The maximum Gasteiger partial charge on any atom is 0.417 e. The quantitative estimate of drug-likeness (QED) is 0.467. The van der Waals surface area contributed by atoms with E-state index in [9.17, 15) is 18.0 Å². The predicted molar refractivity (Wildman–Crippen MR) is 53.4 cm³/mol. The molecule has 0 aliphatic rings. The average Bonchev–Trinajstić information content (AvgIpc) is 2.28. The molecule has 0 N–H and O–H groups in total. The first kappa shape index (κ1) is 13.5. The van der Waals surface area contributed by atoms with Gasteiger partial charge in [0, 0.05) is 6.61 Å². The van der Waals surface area contributed by atoms with Crippen LogP contribution in [-0.4, -0.2) is 19.4 Å². The van der Waals surface area contributed by atoms with Gasteiger partial charge in [0.15, 0.2) is 6.79 Å². The number of carbonyl (C=O) groups is 1. The number of esters is 1. The van der Waals surface area contributed by atoms with Crippen LogP contribution in [0.25, 0.3) is 0 Å². The smallest absolute Gasteiger partial charge is 0.417 e. The Labute approximate surface area is 96.1 Å². The standard InChI is InChI=1S/C11H11F3O3/c1-2-16-7-17-10(15)8-5-3-4-6-9(8)11(12,13)14/h3-6H,2,7H2,1H3. The van der Waals surface area contributed by atoms with Crippen molar-refractivity contribution in [2.45, 2.75) is 13.1 Å². The van der Waals surface area contributed by atoms with Gasteiger partial charge in [-0.1, -0.05) is 12.1 Å². The second-order valence-electron chi connectivity index (χ2n) is 3.09. The summed E-state index contributed by atoms with van der Waals surface area (Å²) in [4.78, 5) is 11.4. The first-order chi connectivity index (χ1) is 7.96. The highest BCUT2D eigenvalue weighted by atomic mass is 19.4. The molecule has 0 saturated carbocycles. The highest BCUT2D eigenvalue weighted by molar-refractivity contribution is 5.91. The van der Waals surface area contributed by atoms with Gasteiger partial charge < -0.3 is 9.47 Å². The van der Waals surface area contributed by atoms with Gasteiger partial charge in [-0.15, -0.1) is 0 Å². The van der Waals surface area contributed by atoms with Gasteiger partial charge in [0.25, 0.3) is 0 Å². The van der Waals surface area contributed by atoms with E-state index < -0.39 is 23.3 Å². The lowest BCUT2D eigenvalue weighted by atomic mass is 10.1. The third-order valence-corrected chi connectivity index (χ3v) is 1.93. The van der Waals surface area contributed by atoms with Crippen LogP contribution in [0.1, 0.15) is 22.8 Å². The van der Waals surface area contributed by atoms with Gasteiger partial charge in [-0.25, -0.2) is 4.79 Å². The molecular formula is C11H11F3O3. The molecule has 0 amide bonds. The molecule has 0 radical (unpaired) electrons. The van der Waals surface area contributed by atoms with E-state index in [1.165, 1.54) is 12.1 Å². The number of ether oxygens (including phenoxy) is 2. The van der Waals surface area contributed by atoms with Crippen LogP contribution < -0.4 is 0 Å². The van der Waals surface area contributed by atoms with E-state index in [4.69, 9.17) is 4.74 Å². The van der Waals surface area contributed by atoms with E-state index in [0.717, 1.165) is 12.1 Å². The monoisotopic (exact) mass is 248 g/mol. The molecule has 0 aliphatic heterocycles. The van der Waals surface area contributed by atoms with Gasteiger partial charge in [0.05, 0.1) is 11.1 Å². The van der Waals surface area contributed by atoms with Crippen molar-refractivity contribution in [3.8, 4) is 0 Å². The molecule has 94 valence electrons. The molecule has 0 aliphatic carbocycles. The average molecular weight is 248 g/mol. The van der Waals surface area contributed by atoms with Gasteiger partial charge in [-0.05, 0) is 19.1 Å². The SMILES string of the molecule is CCOCOC(=O)c1ccccc1C(F)(F)F. The second kappa shape index (κ2) is 5.67. The minimum Gasteiger partial charge on any atom is -0.435 e. The molecule has 0 fully saturated rings. The van der Waals surface area contributed by atoms with Gasteiger partial charge in [0.1, 0.15) is 0 Å². The Balaban J connectivity index is 2.86. The Morgan fingerprint density at radius 2 is 1.94 bits per heavy atom. The first-order valence-electron chi connectivity index (χ1n) is 4.88. The van der Waals surface area contributed by atoms with Crippen molar-refractivity contribution in [3.05, 3.63) is 35.4 Å². The van der Waals surface area contributed by atoms with Crippen molar-refractivity contribution in [1.29, 1.82) is 0 Å². The summed E-state index contributed by atoms with van der Waals surface area (Å²) in [6.45, 7) is 1.63. The molecule has 0 spiro atoms. The van der Waals surface area contributed by atoms with E-state index in [-0.39, 0.29) is 6.79 Å². The topological polar surface area (TPSA) is 35.5 Å². The highest BCUT2D eigenvalue weighted by Gasteiger charge is 2.35. The normalized spacial score (nSPS) is 11.3. The van der Waals surface area contributed by atoms with Crippen molar-refractivity contribution in [2.24, 2.45) is 0 Å². The molecule has 1 rings (SSSR count). The van der Waals surface area contributed by atoms with Crippen molar-refractivity contribution in [1.82, 2.24) is 0 Å². The number of rotatable bonds is 4. The first-order valence-corrected chi connectivity index (χ1v) is 4.88. The Kier molecular flexibility index (Phi) is 4.51. The molecule has 0 unspecified atom stereocenters. The summed E-state index contributed by atoms with van der Waals surface area (Å²) in [5, 5.41) is 0. The van der Waals surface area contributed by atoms with Crippen LogP contribution >= 0.6 is 0 Å². The molecule has 6 heteroatoms. The molecule has 1 aromatic rings. The Bertz CT molecular complexity index is 388. The lowest BCUT2D eigenvalue weighted by Gasteiger charge is -2.11. The van der Waals surface area contributed by atoms with Crippen LogP contribution in [-0.2, 0) is 15.7 Å². The molecule has 3 nitrogen and oxygen atoms in total. The van der Waals surface area contributed by atoms with Crippen molar-refractivity contribution >= 4 is 5.97 Å².